The molecule has 0 bridgehead atoms. The summed E-state index contributed by atoms with van der Waals surface area (Å²) < 4.78 is 0. The van der Waals surface area contributed by atoms with Gasteiger partial charge in [-0.05, 0) is 24.3 Å². The third-order valence-electron chi connectivity index (χ3n) is 3.83. The van der Waals surface area contributed by atoms with Crippen LogP contribution in [0, 0.1) is 18.8 Å². The van der Waals surface area contributed by atoms with Gasteiger partial charge in [-0.3, -0.25) is 0 Å². The van der Waals surface area contributed by atoms with Crippen molar-refractivity contribution in [1.29, 1.82) is 0 Å². The van der Waals surface area contributed by atoms with E-state index in [0.29, 0.717) is 0 Å². The Morgan fingerprint density at radius 1 is 1.32 bits per heavy atom. The quantitative estimate of drug-likeness (QED) is 0.900. The Bertz CT molecular complexity index is 538. The lowest BCUT2D eigenvalue weighted by atomic mass is 9.88. The number of H-pyrrole nitrogens is 1. The minimum atomic E-state index is 0.766. The highest BCUT2D eigenvalue weighted by Crippen LogP contribution is 2.32. The van der Waals surface area contributed by atoms with E-state index in [4.69, 9.17) is 0 Å². The average molecular weight is 260 g/mol. The zero-order valence-corrected chi connectivity index (χ0v) is 12.6. The summed E-state index contributed by atoms with van der Waals surface area (Å²) in [5.74, 6) is 1.58. The van der Waals surface area contributed by atoms with Crippen molar-refractivity contribution >= 4 is 16.7 Å². The van der Waals surface area contributed by atoms with Crippen molar-refractivity contribution in [3.63, 3.8) is 0 Å². The smallest absolute Gasteiger partial charge is 0.116 e. The summed E-state index contributed by atoms with van der Waals surface area (Å²) in [5.41, 5.74) is 4.48. The van der Waals surface area contributed by atoms with Gasteiger partial charge in [0.2, 0.25) is 0 Å². The Hall–Kier alpha value is -1.58. The summed E-state index contributed by atoms with van der Waals surface area (Å²) in [5, 5.41) is 8.30. The molecule has 4 nitrogen and oxygen atoms in total. The van der Waals surface area contributed by atoms with Crippen LogP contribution < -0.4 is 4.90 Å². The second kappa shape index (κ2) is 5.59. The molecule has 0 amide bonds. The molecule has 0 aliphatic carbocycles. The fourth-order valence-electron chi connectivity index (χ4n) is 2.42. The second-order valence-electron chi connectivity index (χ2n) is 5.33. The van der Waals surface area contributed by atoms with Crippen LogP contribution in [0.15, 0.2) is 12.4 Å². The summed E-state index contributed by atoms with van der Waals surface area (Å²) in [6.45, 7) is 12.9. The molecule has 104 valence electrons. The molecule has 0 spiro atoms. The molecule has 0 unspecified atom stereocenters. The van der Waals surface area contributed by atoms with Gasteiger partial charge in [0.15, 0.2) is 0 Å². The number of fused-ring (bicyclic) bond motifs is 1. The first-order valence-corrected chi connectivity index (χ1v) is 7.21. The van der Waals surface area contributed by atoms with E-state index >= 15 is 0 Å². The van der Waals surface area contributed by atoms with Crippen molar-refractivity contribution in [2.75, 3.05) is 18.0 Å². The number of rotatable bonds is 2. The normalized spacial score (nSPS) is 15.4. The lowest BCUT2D eigenvalue weighted by Crippen LogP contribution is -2.49. The SMILES string of the molecule is CC.Cc1c[nH]c2c(N3CC(C(C)C)C3)cnnc12. The first kappa shape index (κ1) is 13.8. The van der Waals surface area contributed by atoms with E-state index in [1.165, 1.54) is 5.69 Å². The van der Waals surface area contributed by atoms with Gasteiger partial charge in [0.1, 0.15) is 5.52 Å². The van der Waals surface area contributed by atoms with Crippen LogP contribution in [0.1, 0.15) is 33.3 Å². The number of aromatic amines is 1. The standard InChI is InChI=1S/C13H18N4.C2H6/c1-8(2)10-6-17(7-10)11-5-15-16-12-9(3)4-14-13(11)12;1-2/h4-5,8,10,14H,6-7H2,1-3H3;1-2H3. The number of nitrogens with one attached hydrogen (secondary N) is 1. The minimum absolute atomic E-state index is 0.766. The summed E-state index contributed by atoms with van der Waals surface area (Å²) >= 11 is 0. The van der Waals surface area contributed by atoms with Crippen LogP contribution in [0.3, 0.4) is 0 Å². The van der Waals surface area contributed by atoms with E-state index in [1.54, 1.807) is 0 Å². The Morgan fingerprint density at radius 2 is 2.00 bits per heavy atom. The van der Waals surface area contributed by atoms with Crippen LogP contribution in [0.5, 0.6) is 0 Å². The van der Waals surface area contributed by atoms with Gasteiger partial charge in [-0.2, -0.15) is 5.10 Å². The number of nitrogens with zero attached hydrogens (tertiary/aromatic N) is 3. The Balaban J connectivity index is 0.000000637. The third kappa shape index (κ3) is 2.44. The van der Waals surface area contributed by atoms with E-state index in [0.717, 1.165) is 41.5 Å². The van der Waals surface area contributed by atoms with E-state index in [2.05, 4.69) is 40.9 Å². The molecule has 2 aromatic rings. The topological polar surface area (TPSA) is 44.8 Å². The first-order valence-electron chi connectivity index (χ1n) is 7.21. The van der Waals surface area contributed by atoms with E-state index in [-0.39, 0.29) is 0 Å². The number of anilines is 1. The van der Waals surface area contributed by atoms with Crippen molar-refractivity contribution in [2.45, 2.75) is 34.6 Å². The van der Waals surface area contributed by atoms with Gasteiger partial charge in [-0.1, -0.05) is 27.7 Å². The fraction of sp³-hybridized carbons (Fsp3) is 0.600. The number of aryl methyl sites for hydroxylation is 1. The van der Waals surface area contributed by atoms with Crippen molar-refractivity contribution < 1.29 is 0 Å². The molecule has 2 aromatic heterocycles. The largest absolute Gasteiger partial charge is 0.368 e. The van der Waals surface area contributed by atoms with Gasteiger partial charge < -0.3 is 9.88 Å². The second-order valence-corrected chi connectivity index (χ2v) is 5.33. The maximum atomic E-state index is 4.19. The first-order chi connectivity index (χ1) is 9.16. The molecule has 0 atom stereocenters. The van der Waals surface area contributed by atoms with Crippen molar-refractivity contribution in [3.8, 4) is 0 Å². The summed E-state index contributed by atoms with van der Waals surface area (Å²) in [6, 6.07) is 0. The van der Waals surface area contributed by atoms with Crippen LogP contribution >= 0.6 is 0 Å². The third-order valence-corrected chi connectivity index (χ3v) is 3.83. The minimum Gasteiger partial charge on any atom is -0.368 e. The molecule has 3 rings (SSSR count). The highest BCUT2D eigenvalue weighted by molar-refractivity contribution is 5.90. The zero-order chi connectivity index (χ0) is 14.0. The highest BCUT2D eigenvalue weighted by Gasteiger charge is 2.30. The summed E-state index contributed by atoms with van der Waals surface area (Å²) in [4.78, 5) is 5.69. The maximum absolute atomic E-state index is 4.19. The molecule has 0 saturated carbocycles. The van der Waals surface area contributed by atoms with Gasteiger partial charge in [-0.25, -0.2) is 0 Å². The molecular formula is C15H24N4. The van der Waals surface area contributed by atoms with Crippen LogP contribution in [0.4, 0.5) is 5.69 Å². The van der Waals surface area contributed by atoms with E-state index in [1.807, 2.05) is 26.2 Å². The van der Waals surface area contributed by atoms with Crippen LogP contribution in [0.25, 0.3) is 11.0 Å². The Labute approximate surface area is 115 Å². The van der Waals surface area contributed by atoms with Gasteiger partial charge in [-0.15, -0.1) is 5.10 Å². The number of hydrogen-bond donors (Lipinski definition) is 1. The van der Waals surface area contributed by atoms with Crippen molar-refractivity contribution in [1.82, 2.24) is 15.2 Å². The molecule has 19 heavy (non-hydrogen) atoms. The van der Waals surface area contributed by atoms with Gasteiger partial charge >= 0.3 is 0 Å². The summed E-state index contributed by atoms with van der Waals surface area (Å²) in [7, 11) is 0. The van der Waals surface area contributed by atoms with Gasteiger partial charge in [0.05, 0.1) is 17.4 Å². The molecule has 1 saturated heterocycles. The zero-order valence-electron chi connectivity index (χ0n) is 12.6. The predicted octanol–water partition coefficient (Wildman–Crippen LogP) is 3.38. The highest BCUT2D eigenvalue weighted by atomic mass is 15.2. The molecule has 1 N–H and O–H groups in total. The molecule has 0 aromatic carbocycles. The Kier molecular flexibility index (Phi) is 4.08. The lowest BCUT2D eigenvalue weighted by molar-refractivity contribution is 0.310. The molecular weight excluding hydrogens is 236 g/mol. The van der Waals surface area contributed by atoms with E-state index < -0.39 is 0 Å². The monoisotopic (exact) mass is 260 g/mol. The molecule has 4 heteroatoms. The van der Waals surface area contributed by atoms with Gasteiger partial charge in [0, 0.05) is 19.3 Å². The molecule has 1 aliphatic rings. The van der Waals surface area contributed by atoms with Crippen LogP contribution in [0.2, 0.25) is 0 Å². The molecule has 1 fully saturated rings. The fourth-order valence-corrected chi connectivity index (χ4v) is 2.42. The lowest BCUT2D eigenvalue weighted by Gasteiger charge is -2.43. The van der Waals surface area contributed by atoms with Crippen LogP contribution in [-0.2, 0) is 0 Å². The number of hydrogen-bond acceptors (Lipinski definition) is 3. The van der Waals surface area contributed by atoms with Gasteiger partial charge in [0.25, 0.3) is 0 Å². The summed E-state index contributed by atoms with van der Waals surface area (Å²) in [6.07, 6.45) is 3.87. The van der Waals surface area contributed by atoms with Crippen molar-refractivity contribution in [3.05, 3.63) is 18.0 Å². The average Bonchev–Trinajstić information content (AvgIpc) is 2.73. The number of aromatic nitrogens is 3. The van der Waals surface area contributed by atoms with E-state index in [9.17, 15) is 0 Å². The molecule has 0 radical (unpaired) electrons. The Morgan fingerprint density at radius 3 is 2.63 bits per heavy atom. The maximum Gasteiger partial charge on any atom is 0.116 e. The van der Waals surface area contributed by atoms with Crippen LogP contribution in [-0.4, -0.2) is 28.3 Å². The predicted molar refractivity (Wildman–Crippen MR) is 80.5 cm³/mol. The molecule has 3 heterocycles. The molecule has 1 aliphatic heterocycles. The van der Waals surface area contributed by atoms with Crippen molar-refractivity contribution in [2.24, 2.45) is 11.8 Å².